The third-order valence-corrected chi connectivity index (χ3v) is 4.62. The highest BCUT2D eigenvalue weighted by Crippen LogP contribution is 2.31. The van der Waals surface area contributed by atoms with Gasteiger partial charge in [-0.05, 0) is 42.8 Å². The molecule has 0 aliphatic heterocycles. The number of hydrogen-bond donors (Lipinski definition) is 2. The van der Waals surface area contributed by atoms with Crippen molar-refractivity contribution in [2.75, 3.05) is 0 Å². The predicted molar refractivity (Wildman–Crippen MR) is 102 cm³/mol. The van der Waals surface area contributed by atoms with Gasteiger partial charge in [0.1, 0.15) is 11.5 Å². The second-order valence-corrected chi connectivity index (χ2v) is 6.76. The Morgan fingerprint density at radius 2 is 1.80 bits per heavy atom. The molecule has 3 aromatic rings. The normalized spacial score (nSPS) is 13.6. The second kappa shape index (κ2) is 8.07. The fourth-order valence-electron chi connectivity index (χ4n) is 2.62. The summed E-state index contributed by atoms with van der Waals surface area (Å²) >= 11 is 12.1. The molecule has 1 heterocycles. The third-order valence-electron chi connectivity index (χ3n) is 4.07. The van der Waals surface area contributed by atoms with Gasteiger partial charge in [0, 0.05) is 16.6 Å². The van der Waals surface area contributed by atoms with Crippen LogP contribution >= 0.6 is 23.2 Å². The molecule has 0 aliphatic carbocycles. The highest BCUT2D eigenvalue weighted by atomic mass is 35.5. The van der Waals surface area contributed by atoms with E-state index in [-0.39, 0.29) is 6.04 Å². The lowest BCUT2D eigenvalue weighted by molar-refractivity contribution is 0.134. The molecule has 0 amide bonds. The Balaban J connectivity index is 1.64. The van der Waals surface area contributed by atoms with Crippen molar-refractivity contribution in [2.24, 2.45) is 0 Å². The number of halogens is 2. The smallest absolute Gasteiger partial charge is 0.135 e. The lowest BCUT2D eigenvalue weighted by Crippen LogP contribution is -2.31. The molecule has 2 aromatic carbocycles. The molecule has 3 rings (SSSR count). The number of aliphatic hydroxyl groups excluding tert-OH is 1. The average Bonchev–Trinajstić information content (AvgIpc) is 3.08. The van der Waals surface area contributed by atoms with Crippen LogP contribution in [0.25, 0.3) is 11.3 Å². The van der Waals surface area contributed by atoms with Gasteiger partial charge in [0.2, 0.25) is 0 Å². The van der Waals surface area contributed by atoms with Gasteiger partial charge in [0.15, 0.2) is 0 Å². The molecule has 1 aromatic heterocycles. The van der Waals surface area contributed by atoms with E-state index in [1.54, 1.807) is 12.1 Å². The van der Waals surface area contributed by atoms with Crippen molar-refractivity contribution >= 4 is 23.2 Å². The molecule has 0 unspecified atom stereocenters. The lowest BCUT2D eigenvalue weighted by Gasteiger charge is -2.20. The summed E-state index contributed by atoms with van der Waals surface area (Å²) in [5, 5.41) is 14.8. The van der Waals surface area contributed by atoms with E-state index in [9.17, 15) is 5.11 Å². The molecule has 0 saturated carbocycles. The fraction of sp³-hybridized carbons (Fsp3) is 0.200. The first kappa shape index (κ1) is 18.0. The fourth-order valence-corrected chi connectivity index (χ4v) is 3.12. The van der Waals surface area contributed by atoms with Gasteiger partial charge in [-0.25, -0.2) is 0 Å². The Labute approximate surface area is 157 Å². The van der Waals surface area contributed by atoms with Crippen LogP contribution in [0.4, 0.5) is 0 Å². The molecule has 0 aliphatic rings. The third kappa shape index (κ3) is 4.44. The van der Waals surface area contributed by atoms with Crippen LogP contribution in [-0.2, 0) is 6.54 Å². The Kier molecular flexibility index (Phi) is 5.82. The molecule has 5 heteroatoms. The molecule has 0 fully saturated rings. The van der Waals surface area contributed by atoms with Crippen LogP contribution in [0.3, 0.4) is 0 Å². The van der Waals surface area contributed by atoms with Crippen LogP contribution in [0.1, 0.15) is 24.4 Å². The van der Waals surface area contributed by atoms with Crippen LogP contribution in [0.15, 0.2) is 65.1 Å². The highest BCUT2D eigenvalue weighted by molar-refractivity contribution is 6.36. The van der Waals surface area contributed by atoms with Crippen molar-refractivity contribution in [3.63, 3.8) is 0 Å². The number of nitrogens with one attached hydrogen (secondary N) is 1. The first-order chi connectivity index (χ1) is 12.0. The quantitative estimate of drug-likeness (QED) is 0.600. The number of furan rings is 1. The number of benzene rings is 2. The van der Waals surface area contributed by atoms with Crippen molar-refractivity contribution in [1.82, 2.24) is 5.32 Å². The Morgan fingerprint density at radius 1 is 1.04 bits per heavy atom. The summed E-state index contributed by atoms with van der Waals surface area (Å²) < 4.78 is 5.85. The maximum absolute atomic E-state index is 10.4. The zero-order valence-corrected chi connectivity index (χ0v) is 15.3. The van der Waals surface area contributed by atoms with E-state index >= 15 is 0 Å². The minimum atomic E-state index is -0.582. The van der Waals surface area contributed by atoms with Gasteiger partial charge in [-0.1, -0.05) is 53.5 Å². The Morgan fingerprint density at radius 3 is 2.52 bits per heavy atom. The van der Waals surface area contributed by atoms with E-state index < -0.39 is 6.10 Å². The zero-order chi connectivity index (χ0) is 17.8. The van der Waals surface area contributed by atoms with Gasteiger partial charge in [-0.3, -0.25) is 0 Å². The van der Waals surface area contributed by atoms with E-state index in [1.807, 2.05) is 55.5 Å². The minimum absolute atomic E-state index is 0.116. The topological polar surface area (TPSA) is 45.4 Å². The van der Waals surface area contributed by atoms with E-state index in [0.29, 0.717) is 22.4 Å². The molecule has 130 valence electrons. The van der Waals surface area contributed by atoms with Gasteiger partial charge < -0.3 is 14.8 Å². The number of hydrogen-bond acceptors (Lipinski definition) is 3. The predicted octanol–water partition coefficient (Wildman–Crippen LogP) is 5.47. The van der Waals surface area contributed by atoms with Gasteiger partial charge in [0.05, 0.1) is 17.7 Å². The standard InChI is InChI=1S/C20H19Cl2NO2/c1-13(20(24)14-5-3-2-4-6-14)23-12-16-8-10-19(25-16)17-9-7-15(21)11-18(17)22/h2-11,13,20,23-24H,12H2,1H3/t13-,20+/m0/s1. The summed E-state index contributed by atoms with van der Waals surface area (Å²) in [7, 11) is 0. The van der Waals surface area contributed by atoms with Gasteiger partial charge in [0.25, 0.3) is 0 Å². The monoisotopic (exact) mass is 375 g/mol. The molecule has 3 nitrogen and oxygen atoms in total. The Bertz CT molecular complexity index is 833. The SMILES string of the molecule is C[C@H](NCc1ccc(-c2ccc(Cl)cc2Cl)o1)[C@@H](O)c1ccccc1. The van der Waals surface area contributed by atoms with E-state index in [4.69, 9.17) is 27.6 Å². The summed E-state index contributed by atoms with van der Waals surface area (Å²) in [6, 6.07) is 18.6. The molecule has 25 heavy (non-hydrogen) atoms. The molecule has 0 bridgehead atoms. The van der Waals surface area contributed by atoms with Crippen LogP contribution < -0.4 is 5.32 Å². The van der Waals surface area contributed by atoms with E-state index in [0.717, 1.165) is 16.9 Å². The molecule has 0 spiro atoms. The van der Waals surface area contributed by atoms with E-state index in [1.165, 1.54) is 0 Å². The average molecular weight is 376 g/mol. The van der Waals surface area contributed by atoms with Gasteiger partial charge >= 0.3 is 0 Å². The second-order valence-electron chi connectivity index (χ2n) is 5.92. The maximum Gasteiger partial charge on any atom is 0.135 e. The summed E-state index contributed by atoms with van der Waals surface area (Å²) in [5.74, 6) is 1.46. The Hall–Kier alpha value is -1.78. The van der Waals surface area contributed by atoms with Crippen LogP contribution in [-0.4, -0.2) is 11.1 Å². The molecule has 0 saturated heterocycles. The van der Waals surface area contributed by atoms with Crippen molar-refractivity contribution in [2.45, 2.75) is 25.6 Å². The summed E-state index contributed by atoms with van der Waals surface area (Å²) in [5.41, 5.74) is 1.69. The molecular weight excluding hydrogens is 357 g/mol. The molecular formula is C20H19Cl2NO2. The largest absolute Gasteiger partial charge is 0.460 e. The summed E-state index contributed by atoms with van der Waals surface area (Å²) in [6.45, 7) is 2.45. The lowest BCUT2D eigenvalue weighted by atomic mass is 10.0. The summed E-state index contributed by atoms with van der Waals surface area (Å²) in [4.78, 5) is 0. The minimum Gasteiger partial charge on any atom is -0.460 e. The number of rotatable bonds is 6. The van der Waals surface area contributed by atoms with Gasteiger partial charge in [-0.15, -0.1) is 0 Å². The van der Waals surface area contributed by atoms with Crippen molar-refractivity contribution in [3.05, 3.63) is 82.0 Å². The summed E-state index contributed by atoms with van der Waals surface area (Å²) in [6.07, 6.45) is -0.582. The first-order valence-electron chi connectivity index (χ1n) is 8.05. The highest BCUT2D eigenvalue weighted by Gasteiger charge is 2.16. The van der Waals surface area contributed by atoms with Crippen molar-refractivity contribution in [1.29, 1.82) is 0 Å². The van der Waals surface area contributed by atoms with Crippen LogP contribution in [0.2, 0.25) is 10.0 Å². The number of aliphatic hydroxyl groups is 1. The van der Waals surface area contributed by atoms with Crippen LogP contribution in [0.5, 0.6) is 0 Å². The molecule has 2 atom stereocenters. The maximum atomic E-state index is 10.4. The van der Waals surface area contributed by atoms with Gasteiger partial charge in [-0.2, -0.15) is 0 Å². The molecule has 2 N–H and O–H groups in total. The zero-order valence-electron chi connectivity index (χ0n) is 13.7. The molecule has 0 radical (unpaired) electrons. The first-order valence-corrected chi connectivity index (χ1v) is 8.80. The van der Waals surface area contributed by atoms with Crippen molar-refractivity contribution < 1.29 is 9.52 Å². The van der Waals surface area contributed by atoms with E-state index in [2.05, 4.69) is 5.32 Å². The van der Waals surface area contributed by atoms with Crippen LogP contribution in [0, 0.1) is 0 Å². The van der Waals surface area contributed by atoms with Crippen molar-refractivity contribution in [3.8, 4) is 11.3 Å².